The van der Waals surface area contributed by atoms with Crippen molar-refractivity contribution in [1.82, 2.24) is 19.9 Å². The largest absolute Gasteiger partial charge is 0.459 e. The lowest BCUT2D eigenvalue weighted by atomic mass is 10.1. The molecule has 0 bridgehead atoms. The zero-order valence-electron chi connectivity index (χ0n) is 17.1. The number of rotatable bonds is 6. The third-order valence-corrected chi connectivity index (χ3v) is 5.32. The molecule has 3 N–H and O–H groups in total. The van der Waals surface area contributed by atoms with E-state index >= 15 is 0 Å². The van der Waals surface area contributed by atoms with Crippen molar-refractivity contribution in [3.63, 3.8) is 0 Å². The smallest absolute Gasteiger partial charge is 0.254 e. The van der Waals surface area contributed by atoms with Crippen LogP contribution in [0.2, 0.25) is 0 Å². The maximum absolute atomic E-state index is 12.5. The summed E-state index contributed by atoms with van der Waals surface area (Å²) < 4.78 is 7.42. The fraction of sp³-hybridized carbons (Fsp3) is 0.273. The summed E-state index contributed by atoms with van der Waals surface area (Å²) in [6.07, 6.45) is 2.22. The van der Waals surface area contributed by atoms with Gasteiger partial charge in [-0.05, 0) is 44.9 Å². The zero-order valence-corrected chi connectivity index (χ0v) is 17.1. The van der Waals surface area contributed by atoms with E-state index < -0.39 is 5.91 Å². The molecule has 1 aromatic carbocycles. The van der Waals surface area contributed by atoms with Gasteiger partial charge in [0.05, 0.1) is 12.2 Å². The molecule has 4 rings (SSSR count). The van der Waals surface area contributed by atoms with E-state index in [-0.39, 0.29) is 17.5 Å². The number of furan rings is 1. The van der Waals surface area contributed by atoms with Crippen molar-refractivity contribution in [3.8, 4) is 0 Å². The van der Waals surface area contributed by atoms with E-state index in [0.717, 1.165) is 33.7 Å². The van der Waals surface area contributed by atoms with Crippen LogP contribution in [0.4, 0.5) is 0 Å². The van der Waals surface area contributed by atoms with Gasteiger partial charge >= 0.3 is 0 Å². The van der Waals surface area contributed by atoms with Crippen LogP contribution in [0.3, 0.4) is 0 Å². The van der Waals surface area contributed by atoms with Crippen molar-refractivity contribution in [3.05, 3.63) is 64.8 Å². The van der Waals surface area contributed by atoms with Crippen LogP contribution in [-0.4, -0.2) is 26.4 Å². The maximum atomic E-state index is 12.5. The molecule has 0 aliphatic carbocycles. The minimum Gasteiger partial charge on any atom is -0.459 e. The molecule has 0 saturated heterocycles. The van der Waals surface area contributed by atoms with Crippen LogP contribution in [0.25, 0.3) is 16.6 Å². The van der Waals surface area contributed by atoms with E-state index in [2.05, 4.69) is 15.4 Å². The number of aromatic nitrogens is 3. The molecule has 3 aromatic heterocycles. The number of amides is 2. The van der Waals surface area contributed by atoms with Gasteiger partial charge in [-0.1, -0.05) is 18.2 Å². The maximum Gasteiger partial charge on any atom is 0.254 e. The molecule has 0 spiro atoms. The lowest BCUT2D eigenvalue weighted by Gasteiger charge is -2.13. The second-order valence-electron chi connectivity index (χ2n) is 7.39. The summed E-state index contributed by atoms with van der Waals surface area (Å²) in [6.45, 7) is 5.65. The molecule has 1 atom stereocenters. The molecule has 0 fully saturated rings. The highest BCUT2D eigenvalue weighted by Crippen LogP contribution is 2.24. The highest BCUT2D eigenvalue weighted by atomic mass is 16.3. The van der Waals surface area contributed by atoms with E-state index in [9.17, 15) is 9.59 Å². The Morgan fingerprint density at radius 1 is 1.27 bits per heavy atom. The van der Waals surface area contributed by atoms with Gasteiger partial charge in [-0.15, -0.1) is 0 Å². The minimum atomic E-state index is -0.567. The van der Waals surface area contributed by atoms with E-state index in [4.69, 9.17) is 10.2 Å². The second-order valence-corrected chi connectivity index (χ2v) is 7.39. The number of para-hydroxylation sites is 1. The molecule has 0 aliphatic rings. The van der Waals surface area contributed by atoms with Crippen molar-refractivity contribution in [2.24, 2.45) is 5.73 Å². The first kappa shape index (κ1) is 19.6. The first-order valence-electron chi connectivity index (χ1n) is 9.76. The summed E-state index contributed by atoms with van der Waals surface area (Å²) in [5, 5.41) is 8.21. The molecule has 0 saturated carbocycles. The van der Waals surface area contributed by atoms with Crippen molar-refractivity contribution in [2.45, 2.75) is 39.7 Å². The molecule has 3 heterocycles. The molecular formula is C22H23N5O3. The quantitative estimate of drug-likeness (QED) is 0.512. The number of nitrogens with zero attached hydrogens (tertiary/aromatic N) is 3. The fourth-order valence-electron chi connectivity index (χ4n) is 3.69. The third-order valence-electron chi connectivity index (χ3n) is 5.32. The molecule has 1 unspecified atom stereocenters. The van der Waals surface area contributed by atoms with Crippen molar-refractivity contribution >= 4 is 28.4 Å². The van der Waals surface area contributed by atoms with Gasteiger partial charge < -0.3 is 15.5 Å². The highest BCUT2D eigenvalue weighted by Gasteiger charge is 2.18. The number of benzene rings is 1. The van der Waals surface area contributed by atoms with Crippen LogP contribution >= 0.6 is 0 Å². The van der Waals surface area contributed by atoms with Gasteiger partial charge in [-0.25, -0.2) is 9.50 Å². The SMILES string of the molecule is Cc1nc2c(C(N)=O)cnn2c(C)c1CCC(=O)NC(C)c1cc2ccccc2o1. The first-order valence-corrected chi connectivity index (χ1v) is 9.76. The lowest BCUT2D eigenvalue weighted by molar-refractivity contribution is -0.121. The summed E-state index contributed by atoms with van der Waals surface area (Å²) in [7, 11) is 0. The van der Waals surface area contributed by atoms with Gasteiger partial charge in [0.1, 0.15) is 16.9 Å². The molecule has 0 radical (unpaired) electrons. The molecule has 2 amide bonds. The normalized spacial score (nSPS) is 12.4. The molecule has 154 valence electrons. The Morgan fingerprint density at radius 3 is 2.77 bits per heavy atom. The Kier molecular flexibility index (Phi) is 4.99. The van der Waals surface area contributed by atoms with Gasteiger partial charge in [0.15, 0.2) is 5.65 Å². The Labute approximate surface area is 173 Å². The van der Waals surface area contributed by atoms with E-state index in [0.29, 0.717) is 18.5 Å². The van der Waals surface area contributed by atoms with Crippen molar-refractivity contribution < 1.29 is 14.0 Å². The highest BCUT2D eigenvalue weighted by molar-refractivity contribution is 5.98. The molecule has 0 aliphatic heterocycles. The van der Waals surface area contributed by atoms with Crippen LogP contribution in [0.5, 0.6) is 0 Å². The topological polar surface area (TPSA) is 116 Å². The first-order chi connectivity index (χ1) is 14.3. The zero-order chi connectivity index (χ0) is 21.4. The van der Waals surface area contributed by atoms with Gasteiger partial charge in [0, 0.05) is 23.2 Å². The lowest BCUT2D eigenvalue weighted by Crippen LogP contribution is -2.26. The predicted molar refractivity (Wildman–Crippen MR) is 112 cm³/mol. The predicted octanol–water partition coefficient (Wildman–Crippen LogP) is 3.00. The van der Waals surface area contributed by atoms with E-state index in [1.807, 2.05) is 51.1 Å². The number of carbonyl (C=O) groups is 2. The average molecular weight is 405 g/mol. The van der Waals surface area contributed by atoms with Gasteiger partial charge in [0.25, 0.3) is 5.91 Å². The Balaban J connectivity index is 1.47. The molecule has 4 aromatic rings. The fourth-order valence-corrected chi connectivity index (χ4v) is 3.69. The summed E-state index contributed by atoms with van der Waals surface area (Å²) in [6, 6.07) is 9.45. The summed E-state index contributed by atoms with van der Waals surface area (Å²) in [4.78, 5) is 28.6. The Bertz CT molecular complexity index is 1240. The minimum absolute atomic E-state index is 0.0832. The summed E-state index contributed by atoms with van der Waals surface area (Å²) in [5.41, 5.74) is 9.42. The van der Waals surface area contributed by atoms with Crippen LogP contribution in [0.15, 0.2) is 40.9 Å². The number of hydrogen-bond donors (Lipinski definition) is 2. The number of hydrogen-bond acceptors (Lipinski definition) is 5. The van der Waals surface area contributed by atoms with Crippen LogP contribution in [0.1, 0.15) is 52.5 Å². The number of primary amides is 1. The second kappa shape index (κ2) is 7.62. The molecule has 8 nitrogen and oxygen atoms in total. The number of aryl methyl sites for hydroxylation is 2. The number of nitrogens with two attached hydrogens (primary N) is 1. The number of nitrogens with one attached hydrogen (secondary N) is 1. The summed E-state index contributed by atoms with van der Waals surface area (Å²) >= 11 is 0. The van der Waals surface area contributed by atoms with E-state index in [1.165, 1.54) is 6.20 Å². The summed E-state index contributed by atoms with van der Waals surface area (Å²) in [5.74, 6) is 0.0682. The average Bonchev–Trinajstić information content (AvgIpc) is 3.32. The molecule has 8 heteroatoms. The van der Waals surface area contributed by atoms with Gasteiger partial charge in [-0.3, -0.25) is 9.59 Å². The Morgan fingerprint density at radius 2 is 2.03 bits per heavy atom. The van der Waals surface area contributed by atoms with E-state index in [1.54, 1.807) is 4.52 Å². The van der Waals surface area contributed by atoms with Crippen molar-refractivity contribution in [1.29, 1.82) is 0 Å². The van der Waals surface area contributed by atoms with Crippen LogP contribution in [0, 0.1) is 13.8 Å². The standard InChI is InChI=1S/C22H23N5O3/c1-12-16(14(3)27-22(26-12)17(11-24-27)21(23)29)8-9-20(28)25-13(2)19-10-15-6-4-5-7-18(15)30-19/h4-7,10-11,13H,8-9H2,1-3H3,(H2,23,29)(H,25,28). The molecule has 30 heavy (non-hydrogen) atoms. The van der Waals surface area contributed by atoms with Crippen LogP contribution in [-0.2, 0) is 11.2 Å². The van der Waals surface area contributed by atoms with Crippen molar-refractivity contribution in [2.75, 3.05) is 0 Å². The Hall–Kier alpha value is -3.68. The van der Waals surface area contributed by atoms with Gasteiger partial charge in [-0.2, -0.15) is 5.10 Å². The van der Waals surface area contributed by atoms with Gasteiger partial charge in [0.2, 0.25) is 5.91 Å². The number of fused-ring (bicyclic) bond motifs is 2. The molecular weight excluding hydrogens is 382 g/mol. The monoisotopic (exact) mass is 405 g/mol. The third kappa shape index (κ3) is 3.52. The van der Waals surface area contributed by atoms with Crippen LogP contribution < -0.4 is 11.1 Å². The number of carbonyl (C=O) groups excluding carboxylic acids is 2.